The summed E-state index contributed by atoms with van der Waals surface area (Å²) in [5.74, 6) is 0. The fourth-order valence-corrected chi connectivity index (χ4v) is 11.1. The van der Waals surface area contributed by atoms with Crippen LogP contribution >= 0.6 is 11.3 Å². The maximum absolute atomic E-state index is 2.45. The van der Waals surface area contributed by atoms with Crippen LogP contribution < -0.4 is 0 Å². The summed E-state index contributed by atoms with van der Waals surface area (Å²) in [6.45, 7) is 4.71. The van der Waals surface area contributed by atoms with Crippen molar-refractivity contribution in [1.82, 2.24) is 0 Å². The molecule has 0 amide bonds. The smallest absolute Gasteiger partial charge is 0.0362 e. The lowest BCUT2D eigenvalue weighted by Gasteiger charge is -2.22. The van der Waals surface area contributed by atoms with Gasteiger partial charge in [-0.05, 0) is 129 Å². The number of hydrogen-bond acceptors (Lipinski definition) is 1. The van der Waals surface area contributed by atoms with E-state index in [4.69, 9.17) is 0 Å². The zero-order chi connectivity index (χ0) is 37.1. The Kier molecular flexibility index (Phi) is 6.66. The van der Waals surface area contributed by atoms with E-state index in [9.17, 15) is 0 Å². The molecule has 0 saturated carbocycles. The van der Waals surface area contributed by atoms with Gasteiger partial charge in [-0.15, -0.1) is 11.3 Å². The number of thiophene rings is 1. The summed E-state index contributed by atoms with van der Waals surface area (Å²) in [6, 6.07) is 68.4. The lowest BCUT2D eigenvalue weighted by Crippen LogP contribution is -2.14. The topological polar surface area (TPSA) is 0 Å². The van der Waals surface area contributed by atoms with E-state index in [1.807, 2.05) is 11.3 Å². The number of hydrogen-bond donors (Lipinski definition) is 0. The predicted octanol–water partition coefficient (Wildman–Crippen LogP) is 16.0. The van der Waals surface area contributed by atoms with Crippen molar-refractivity contribution in [3.63, 3.8) is 0 Å². The molecule has 1 aliphatic carbocycles. The molecule has 0 atom stereocenters. The Morgan fingerprint density at radius 3 is 1.66 bits per heavy atom. The minimum atomic E-state index is -0.0150. The van der Waals surface area contributed by atoms with Gasteiger partial charge in [-0.3, -0.25) is 0 Å². The van der Waals surface area contributed by atoms with Crippen LogP contribution in [0, 0.1) is 0 Å². The first kappa shape index (κ1) is 31.8. The lowest BCUT2D eigenvalue weighted by molar-refractivity contribution is 0.660. The molecule has 0 aliphatic heterocycles. The van der Waals surface area contributed by atoms with Gasteiger partial charge in [0.1, 0.15) is 0 Å². The minimum Gasteiger partial charge on any atom is -0.135 e. The number of fused-ring (bicyclic) bond motifs is 11. The van der Waals surface area contributed by atoms with Gasteiger partial charge in [0.15, 0.2) is 0 Å². The summed E-state index contributed by atoms with van der Waals surface area (Å²) in [7, 11) is 0. The van der Waals surface area contributed by atoms with Crippen molar-refractivity contribution in [2.24, 2.45) is 0 Å². The molecule has 0 N–H and O–H groups in total. The van der Waals surface area contributed by atoms with E-state index in [1.165, 1.54) is 119 Å². The van der Waals surface area contributed by atoms with Crippen LogP contribution in [0.5, 0.6) is 0 Å². The first-order chi connectivity index (χ1) is 27.5. The summed E-state index contributed by atoms with van der Waals surface area (Å²) in [5, 5.41) is 13.0. The summed E-state index contributed by atoms with van der Waals surface area (Å²) in [6.07, 6.45) is 0. The lowest BCUT2D eigenvalue weighted by atomic mass is 9.81. The normalized spacial score (nSPS) is 13.3. The van der Waals surface area contributed by atoms with E-state index in [1.54, 1.807) is 0 Å². The highest BCUT2D eigenvalue weighted by atomic mass is 32.1. The van der Waals surface area contributed by atoms with Gasteiger partial charge < -0.3 is 0 Å². The third kappa shape index (κ3) is 4.53. The molecule has 0 nitrogen and oxygen atoms in total. The van der Waals surface area contributed by atoms with Crippen molar-refractivity contribution in [1.29, 1.82) is 0 Å². The van der Waals surface area contributed by atoms with E-state index in [0.29, 0.717) is 0 Å². The third-order valence-electron chi connectivity index (χ3n) is 12.6. The van der Waals surface area contributed by atoms with Crippen LogP contribution in [-0.2, 0) is 5.41 Å². The van der Waals surface area contributed by atoms with Crippen LogP contribution in [-0.4, -0.2) is 0 Å². The van der Waals surface area contributed by atoms with Gasteiger partial charge in [0, 0.05) is 25.6 Å². The van der Waals surface area contributed by atoms with Gasteiger partial charge >= 0.3 is 0 Å². The fourth-order valence-electron chi connectivity index (χ4n) is 9.92. The largest absolute Gasteiger partial charge is 0.135 e. The molecule has 10 aromatic carbocycles. The average molecular weight is 729 g/mol. The van der Waals surface area contributed by atoms with Crippen molar-refractivity contribution in [2.45, 2.75) is 19.3 Å². The SMILES string of the molecule is CC1(C)c2ccccc2-c2cc(-c3c4ccccc4c(-c4ccc(-c5ccc6cc7c(cc6c5)sc5ccc6ccccc6c57)cc4)c4ccccc34)ccc21. The fraction of sp³-hybridized carbons (Fsp3) is 0.0545. The molecule has 11 aromatic rings. The molecule has 1 heterocycles. The van der Waals surface area contributed by atoms with E-state index in [-0.39, 0.29) is 5.41 Å². The Hall–Kier alpha value is -6.54. The van der Waals surface area contributed by atoms with Crippen LogP contribution in [0.15, 0.2) is 182 Å². The second kappa shape index (κ2) is 11.7. The van der Waals surface area contributed by atoms with Gasteiger partial charge in [0.05, 0.1) is 0 Å². The van der Waals surface area contributed by atoms with Crippen LogP contribution in [0.4, 0.5) is 0 Å². The van der Waals surface area contributed by atoms with Crippen LogP contribution in [0.1, 0.15) is 25.0 Å². The van der Waals surface area contributed by atoms with Crippen LogP contribution in [0.25, 0.3) is 108 Å². The summed E-state index contributed by atoms with van der Waals surface area (Å²) >= 11 is 1.90. The van der Waals surface area contributed by atoms with Gasteiger partial charge in [0.2, 0.25) is 0 Å². The van der Waals surface area contributed by atoms with E-state index in [2.05, 4.69) is 196 Å². The molecular weight excluding hydrogens is 693 g/mol. The molecule has 0 spiro atoms. The zero-order valence-electron chi connectivity index (χ0n) is 31.2. The van der Waals surface area contributed by atoms with Gasteiger partial charge in [-0.25, -0.2) is 0 Å². The molecular formula is C55H36S. The Morgan fingerprint density at radius 1 is 0.339 bits per heavy atom. The predicted molar refractivity (Wildman–Crippen MR) is 243 cm³/mol. The second-order valence-corrected chi connectivity index (χ2v) is 17.1. The van der Waals surface area contributed by atoms with E-state index in [0.717, 1.165) is 0 Å². The van der Waals surface area contributed by atoms with Gasteiger partial charge in [0.25, 0.3) is 0 Å². The van der Waals surface area contributed by atoms with Gasteiger partial charge in [-0.1, -0.05) is 166 Å². The first-order valence-electron chi connectivity index (χ1n) is 19.6. The minimum absolute atomic E-state index is 0.0150. The van der Waals surface area contributed by atoms with Crippen molar-refractivity contribution in [3.05, 3.63) is 193 Å². The monoisotopic (exact) mass is 728 g/mol. The molecule has 0 saturated heterocycles. The molecule has 56 heavy (non-hydrogen) atoms. The quantitative estimate of drug-likeness (QED) is 0.159. The van der Waals surface area contributed by atoms with Crippen LogP contribution in [0.2, 0.25) is 0 Å². The second-order valence-electron chi connectivity index (χ2n) is 16.0. The Labute approximate surface area is 329 Å². The Bertz CT molecular complexity index is 3370. The maximum atomic E-state index is 2.45. The number of rotatable bonds is 3. The molecule has 0 fully saturated rings. The van der Waals surface area contributed by atoms with Crippen molar-refractivity contribution < 1.29 is 0 Å². The highest BCUT2D eigenvalue weighted by molar-refractivity contribution is 7.26. The summed E-state index contributed by atoms with van der Waals surface area (Å²) < 4.78 is 2.69. The molecule has 0 radical (unpaired) electrons. The summed E-state index contributed by atoms with van der Waals surface area (Å²) in [4.78, 5) is 0. The molecule has 1 aromatic heterocycles. The number of benzene rings is 10. The zero-order valence-corrected chi connectivity index (χ0v) is 32.0. The van der Waals surface area contributed by atoms with Crippen LogP contribution in [0.3, 0.4) is 0 Å². The van der Waals surface area contributed by atoms with E-state index < -0.39 is 0 Å². The van der Waals surface area contributed by atoms with E-state index >= 15 is 0 Å². The molecule has 262 valence electrons. The third-order valence-corrected chi connectivity index (χ3v) is 13.7. The average Bonchev–Trinajstić information content (AvgIpc) is 3.72. The highest BCUT2D eigenvalue weighted by Crippen LogP contribution is 2.51. The Morgan fingerprint density at radius 2 is 0.911 bits per heavy atom. The maximum Gasteiger partial charge on any atom is 0.0362 e. The molecule has 0 bridgehead atoms. The highest BCUT2D eigenvalue weighted by Gasteiger charge is 2.35. The molecule has 0 unspecified atom stereocenters. The molecule has 12 rings (SSSR count). The van der Waals surface area contributed by atoms with Crippen molar-refractivity contribution in [2.75, 3.05) is 0 Å². The molecule has 1 heteroatoms. The molecule has 1 aliphatic rings. The van der Waals surface area contributed by atoms with Crippen molar-refractivity contribution in [3.8, 4) is 44.5 Å². The Balaban J connectivity index is 0.974. The standard InChI is InChI=1S/C55H36S/c1-55(2)48-18-10-9-13-41(48)46-31-38(25-27-49(46)55)53-44-16-7-5-14-42(44)52(43-15-6-8-17-45(43)53)35-21-19-33(20-22-35)36-23-24-37-30-47-51(32-39(37)29-36)56-50-28-26-34-11-3-4-12-40(34)54(47)50/h3-32H,1-2H3. The summed E-state index contributed by atoms with van der Waals surface area (Å²) in [5.41, 5.74) is 13.1. The first-order valence-corrected chi connectivity index (χ1v) is 20.4. The van der Waals surface area contributed by atoms with Crippen molar-refractivity contribution >= 4 is 74.6 Å². The van der Waals surface area contributed by atoms with Gasteiger partial charge in [-0.2, -0.15) is 0 Å².